The van der Waals surface area contributed by atoms with Gasteiger partial charge in [0.2, 0.25) is 0 Å². The van der Waals surface area contributed by atoms with Crippen LogP contribution >= 0.6 is 15.9 Å². The zero-order chi connectivity index (χ0) is 15.2. The van der Waals surface area contributed by atoms with Gasteiger partial charge in [-0.2, -0.15) is 0 Å². The summed E-state index contributed by atoms with van der Waals surface area (Å²) in [6.07, 6.45) is 0. The molecule has 0 unspecified atom stereocenters. The number of benzene rings is 2. The summed E-state index contributed by atoms with van der Waals surface area (Å²) in [5.74, 6) is 0.578. The van der Waals surface area contributed by atoms with Crippen LogP contribution in [0.15, 0.2) is 46.9 Å². The van der Waals surface area contributed by atoms with Crippen LogP contribution in [0.4, 0.5) is 5.69 Å². The highest BCUT2D eigenvalue weighted by atomic mass is 79.9. The number of nitrogen functional groups attached to an aromatic ring is 1. The molecule has 0 bridgehead atoms. The number of ether oxygens (including phenoxy) is 1. The number of rotatable bonds is 5. The molecule has 0 saturated carbocycles. The Hall–Kier alpha value is -2.01. The number of anilines is 1. The van der Waals surface area contributed by atoms with Crippen molar-refractivity contribution in [2.45, 2.75) is 6.92 Å². The Labute approximate surface area is 132 Å². The van der Waals surface area contributed by atoms with Gasteiger partial charge >= 0.3 is 0 Å². The van der Waals surface area contributed by atoms with Crippen LogP contribution < -0.4 is 15.8 Å². The van der Waals surface area contributed by atoms with E-state index in [0.29, 0.717) is 30.2 Å². The van der Waals surface area contributed by atoms with E-state index in [1.165, 1.54) is 0 Å². The number of hydrogen-bond donors (Lipinski definition) is 2. The van der Waals surface area contributed by atoms with Gasteiger partial charge in [-0.1, -0.05) is 28.1 Å². The minimum Gasteiger partial charge on any atom is -0.492 e. The molecule has 5 heteroatoms. The van der Waals surface area contributed by atoms with Crippen LogP contribution in [0.2, 0.25) is 0 Å². The molecule has 0 fully saturated rings. The standard InChI is InChI=1S/C16H17BrN2O2/c1-11-5-6-12(9-15(11)17)16(20)19-7-8-21-14-4-2-3-13(18)10-14/h2-6,9-10H,7-8,18H2,1H3,(H,19,20). The molecule has 110 valence electrons. The summed E-state index contributed by atoms with van der Waals surface area (Å²) in [4.78, 5) is 12.0. The maximum absolute atomic E-state index is 12.0. The fourth-order valence-corrected chi connectivity index (χ4v) is 2.15. The second kappa shape index (κ2) is 7.13. The summed E-state index contributed by atoms with van der Waals surface area (Å²) in [7, 11) is 0. The second-order valence-electron chi connectivity index (χ2n) is 4.64. The van der Waals surface area contributed by atoms with Crippen molar-refractivity contribution in [2.24, 2.45) is 0 Å². The normalized spacial score (nSPS) is 10.2. The Morgan fingerprint density at radius 3 is 2.81 bits per heavy atom. The lowest BCUT2D eigenvalue weighted by molar-refractivity contribution is 0.0947. The Morgan fingerprint density at radius 1 is 1.29 bits per heavy atom. The van der Waals surface area contributed by atoms with E-state index in [-0.39, 0.29) is 5.91 Å². The van der Waals surface area contributed by atoms with Gasteiger partial charge in [-0.3, -0.25) is 4.79 Å². The van der Waals surface area contributed by atoms with Crippen LogP contribution in [0.25, 0.3) is 0 Å². The maximum atomic E-state index is 12.0. The largest absolute Gasteiger partial charge is 0.492 e. The third kappa shape index (κ3) is 4.49. The predicted octanol–water partition coefficient (Wildman–Crippen LogP) is 3.15. The van der Waals surface area contributed by atoms with Crippen molar-refractivity contribution in [1.29, 1.82) is 0 Å². The average Bonchev–Trinajstić information content (AvgIpc) is 2.46. The van der Waals surface area contributed by atoms with Crippen LogP contribution in [0, 0.1) is 6.92 Å². The zero-order valence-corrected chi connectivity index (χ0v) is 13.3. The van der Waals surface area contributed by atoms with Crippen LogP contribution in [-0.4, -0.2) is 19.1 Å². The highest BCUT2D eigenvalue weighted by molar-refractivity contribution is 9.10. The third-order valence-electron chi connectivity index (χ3n) is 2.95. The molecule has 21 heavy (non-hydrogen) atoms. The van der Waals surface area contributed by atoms with Crippen LogP contribution in [0.1, 0.15) is 15.9 Å². The first kappa shape index (κ1) is 15.4. The number of carbonyl (C=O) groups excluding carboxylic acids is 1. The van der Waals surface area contributed by atoms with E-state index in [9.17, 15) is 4.79 Å². The number of hydrogen-bond acceptors (Lipinski definition) is 3. The van der Waals surface area contributed by atoms with E-state index in [4.69, 9.17) is 10.5 Å². The molecule has 1 amide bonds. The zero-order valence-electron chi connectivity index (χ0n) is 11.7. The van der Waals surface area contributed by atoms with Gasteiger partial charge in [0.05, 0.1) is 6.54 Å². The highest BCUT2D eigenvalue weighted by Crippen LogP contribution is 2.17. The fraction of sp³-hybridized carbons (Fsp3) is 0.188. The highest BCUT2D eigenvalue weighted by Gasteiger charge is 2.06. The van der Waals surface area contributed by atoms with Gasteiger partial charge in [-0.15, -0.1) is 0 Å². The Bertz CT molecular complexity index is 644. The number of nitrogens with one attached hydrogen (secondary N) is 1. The molecule has 0 heterocycles. The van der Waals surface area contributed by atoms with E-state index >= 15 is 0 Å². The van der Waals surface area contributed by atoms with Gasteiger partial charge in [0, 0.05) is 21.8 Å². The first-order chi connectivity index (χ1) is 10.1. The first-order valence-electron chi connectivity index (χ1n) is 6.59. The van der Waals surface area contributed by atoms with Crippen molar-refractivity contribution < 1.29 is 9.53 Å². The summed E-state index contributed by atoms with van der Waals surface area (Å²) >= 11 is 3.42. The summed E-state index contributed by atoms with van der Waals surface area (Å²) < 4.78 is 6.43. The second-order valence-corrected chi connectivity index (χ2v) is 5.50. The molecule has 0 spiro atoms. The number of nitrogens with two attached hydrogens (primary N) is 1. The lowest BCUT2D eigenvalue weighted by Gasteiger charge is -2.09. The molecule has 0 aliphatic heterocycles. The first-order valence-corrected chi connectivity index (χ1v) is 7.38. The van der Waals surface area contributed by atoms with Crippen molar-refractivity contribution in [3.8, 4) is 5.75 Å². The Kier molecular flexibility index (Phi) is 5.22. The topological polar surface area (TPSA) is 64.3 Å². The van der Waals surface area contributed by atoms with E-state index in [1.54, 1.807) is 18.2 Å². The molecule has 2 aromatic rings. The number of carbonyl (C=O) groups is 1. The molecular formula is C16H17BrN2O2. The number of aryl methyl sites for hydroxylation is 1. The van der Waals surface area contributed by atoms with Crippen LogP contribution in [0.3, 0.4) is 0 Å². The van der Waals surface area contributed by atoms with E-state index in [2.05, 4.69) is 21.2 Å². The van der Waals surface area contributed by atoms with Crippen LogP contribution in [0.5, 0.6) is 5.75 Å². The van der Waals surface area contributed by atoms with Gasteiger partial charge in [0.25, 0.3) is 5.91 Å². The molecule has 0 aliphatic rings. The smallest absolute Gasteiger partial charge is 0.251 e. The molecular weight excluding hydrogens is 332 g/mol. The Balaban J connectivity index is 1.80. The van der Waals surface area contributed by atoms with Crippen molar-refractivity contribution >= 4 is 27.5 Å². The molecule has 2 aromatic carbocycles. The summed E-state index contributed by atoms with van der Waals surface area (Å²) in [6, 6.07) is 12.7. The lowest BCUT2D eigenvalue weighted by atomic mass is 10.1. The monoisotopic (exact) mass is 348 g/mol. The van der Waals surface area contributed by atoms with Gasteiger partial charge in [-0.05, 0) is 36.8 Å². The lowest BCUT2D eigenvalue weighted by Crippen LogP contribution is -2.28. The molecule has 4 nitrogen and oxygen atoms in total. The number of halogens is 1. The van der Waals surface area contributed by atoms with Crippen molar-refractivity contribution in [3.05, 3.63) is 58.1 Å². The summed E-state index contributed by atoms with van der Waals surface area (Å²) in [5.41, 5.74) is 8.03. The van der Waals surface area contributed by atoms with E-state index < -0.39 is 0 Å². The number of amides is 1. The quantitative estimate of drug-likeness (QED) is 0.644. The van der Waals surface area contributed by atoms with Crippen LogP contribution in [-0.2, 0) is 0 Å². The van der Waals surface area contributed by atoms with Crippen molar-refractivity contribution in [2.75, 3.05) is 18.9 Å². The average molecular weight is 349 g/mol. The molecule has 0 aromatic heterocycles. The van der Waals surface area contributed by atoms with Crippen molar-refractivity contribution in [3.63, 3.8) is 0 Å². The molecule has 0 radical (unpaired) electrons. The molecule has 0 saturated heterocycles. The van der Waals surface area contributed by atoms with E-state index in [1.807, 2.05) is 31.2 Å². The Morgan fingerprint density at radius 2 is 2.10 bits per heavy atom. The summed E-state index contributed by atoms with van der Waals surface area (Å²) in [6.45, 7) is 2.80. The maximum Gasteiger partial charge on any atom is 0.251 e. The SMILES string of the molecule is Cc1ccc(C(=O)NCCOc2cccc(N)c2)cc1Br. The van der Waals surface area contributed by atoms with Crippen molar-refractivity contribution in [1.82, 2.24) is 5.32 Å². The molecule has 2 rings (SSSR count). The predicted molar refractivity (Wildman–Crippen MR) is 87.6 cm³/mol. The van der Waals surface area contributed by atoms with Gasteiger partial charge in [0.1, 0.15) is 12.4 Å². The minimum absolute atomic E-state index is 0.119. The third-order valence-corrected chi connectivity index (χ3v) is 3.80. The van der Waals surface area contributed by atoms with Gasteiger partial charge in [0.15, 0.2) is 0 Å². The molecule has 0 aliphatic carbocycles. The minimum atomic E-state index is -0.119. The van der Waals surface area contributed by atoms with Gasteiger partial charge < -0.3 is 15.8 Å². The molecule has 3 N–H and O–H groups in total. The molecule has 0 atom stereocenters. The van der Waals surface area contributed by atoms with E-state index in [0.717, 1.165) is 10.0 Å². The van der Waals surface area contributed by atoms with Gasteiger partial charge in [-0.25, -0.2) is 0 Å². The fourth-order valence-electron chi connectivity index (χ4n) is 1.77. The summed E-state index contributed by atoms with van der Waals surface area (Å²) in [5, 5.41) is 2.81.